The van der Waals surface area contributed by atoms with Crippen LogP contribution >= 0.6 is 11.8 Å². The van der Waals surface area contributed by atoms with Gasteiger partial charge in [0.05, 0.1) is 13.5 Å². The van der Waals surface area contributed by atoms with Crippen LogP contribution in [0.3, 0.4) is 0 Å². The summed E-state index contributed by atoms with van der Waals surface area (Å²) in [6.07, 6.45) is 2.30. The summed E-state index contributed by atoms with van der Waals surface area (Å²) in [5, 5.41) is 1.16. The van der Waals surface area contributed by atoms with Gasteiger partial charge in [0.15, 0.2) is 0 Å². The minimum atomic E-state index is -0.221. The van der Waals surface area contributed by atoms with Crippen LogP contribution in [0.1, 0.15) is 5.69 Å². The maximum atomic E-state index is 11.3. The SMILES string of the molecule is COC(=O)Cc1[nH]c2ccccc2c1SC. The second-order valence-electron chi connectivity index (χ2n) is 3.44. The van der Waals surface area contributed by atoms with Crippen LogP contribution in [-0.4, -0.2) is 24.3 Å². The first-order valence-electron chi connectivity index (χ1n) is 4.96. The van der Waals surface area contributed by atoms with Gasteiger partial charge < -0.3 is 9.72 Å². The molecule has 1 heterocycles. The van der Waals surface area contributed by atoms with E-state index in [0.29, 0.717) is 6.42 Å². The third-order valence-corrected chi connectivity index (χ3v) is 3.36. The largest absolute Gasteiger partial charge is 0.469 e. The second kappa shape index (κ2) is 4.61. The molecule has 2 aromatic rings. The highest BCUT2D eigenvalue weighted by atomic mass is 32.2. The highest BCUT2D eigenvalue weighted by molar-refractivity contribution is 7.98. The summed E-state index contributed by atoms with van der Waals surface area (Å²) in [7, 11) is 1.41. The quantitative estimate of drug-likeness (QED) is 0.657. The molecule has 0 aliphatic carbocycles. The summed E-state index contributed by atoms with van der Waals surface area (Å²) < 4.78 is 4.68. The Kier molecular flexibility index (Phi) is 3.19. The summed E-state index contributed by atoms with van der Waals surface area (Å²) in [6.45, 7) is 0. The van der Waals surface area contributed by atoms with E-state index in [-0.39, 0.29) is 5.97 Å². The molecule has 0 fully saturated rings. The van der Waals surface area contributed by atoms with Gasteiger partial charge in [0.25, 0.3) is 0 Å². The van der Waals surface area contributed by atoms with Crippen molar-refractivity contribution in [1.82, 2.24) is 4.98 Å². The number of hydrogen-bond acceptors (Lipinski definition) is 3. The average Bonchev–Trinajstić information content (AvgIpc) is 2.65. The molecule has 1 aromatic heterocycles. The third-order valence-electron chi connectivity index (χ3n) is 2.48. The van der Waals surface area contributed by atoms with Crippen LogP contribution in [0, 0.1) is 0 Å². The highest BCUT2D eigenvalue weighted by Gasteiger charge is 2.13. The molecule has 0 aliphatic rings. The van der Waals surface area contributed by atoms with Crippen molar-refractivity contribution in [3.8, 4) is 0 Å². The molecule has 0 radical (unpaired) electrons. The number of hydrogen-bond donors (Lipinski definition) is 1. The number of ether oxygens (including phenoxy) is 1. The molecular weight excluding hydrogens is 222 g/mol. The minimum Gasteiger partial charge on any atom is -0.469 e. The zero-order valence-corrected chi connectivity index (χ0v) is 10.1. The Morgan fingerprint density at radius 1 is 1.44 bits per heavy atom. The van der Waals surface area contributed by atoms with E-state index in [4.69, 9.17) is 0 Å². The number of para-hydroxylation sites is 1. The van der Waals surface area contributed by atoms with Gasteiger partial charge in [-0.05, 0) is 12.3 Å². The Morgan fingerprint density at radius 2 is 2.19 bits per heavy atom. The molecule has 2 rings (SSSR count). The Balaban J connectivity index is 2.48. The smallest absolute Gasteiger partial charge is 0.311 e. The Labute approximate surface area is 98.2 Å². The Bertz CT molecular complexity index is 519. The Hall–Kier alpha value is -1.42. The first-order valence-corrected chi connectivity index (χ1v) is 6.19. The van der Waals surface area contributed by atoms with Gasteiger partial charge in [-0.3, -0.25) is 4.79 Å². The molecule has 0 saturated heterocycles. The monoisotopic (exact) mass is 235 g/mol. The number of carbonyl (C=O) groups excluding carboxylic acids is 1. The van der Waals surface area contributed by atoms with Gasteiger partial charge >= 0.3 is 5.97 Å². The van der Waals surface area contributed by atoms with E-state index < -0.39 is 0 Å². The van der Waals surface area contributed by atoms with Gasteiger partial charge in [0, 0.05) is 21.5 Å². The first-order chi connectivity index (χ1) is 7.76. The van der Waals surface area contributed by atoms with Crippen LogP contribution < -0.4 is 0 Å². The number of carbonyl (C=O) groups is 1. The first kappa shape index (κ1) is 11.1. The maximum Gasteiger partial charge on any atom is 0.311 e. The number of nitrogens with one attached hydrogen (secondary N) is 1. The minimum absolute atomic E-state index is 0.221. The molecule has 84 valence electrons. The van der Waals surface area contributed by atoms with Gasteiger partial charge in [-0.25, -0.2) is 0 Å². The molecule has 0 atom stereocenters. The van der Waals surface area contributed by atoms with Crippen molar-refractivity contribution < 1.29 is 9.53 Å². The van der Waals surface area contributed by atoms with Crippen LogP contribution in [0.15, 0.2) is 29.2 Å². The summed E-state index contributed by atoms with van der Waals surface area (Å²) >= 11 is 1.65. The van der Waals surface area contributed by atoms with Gasteiger partial charge in [0.2, 0.25) is 0 Å². The van der Waals surface area contributed by atoms with Gasteiger partial charge in [-0.1, -0.05) is 18.2 Å². The van der Waals surface area contributed by atoms with Crippen molar-refractivity contribution in [2.24, 2.45) is 0 Å². The average molecular weight is 235 g/mol. The number of thioether (sulfide) groups is 1. The molecule has 0 saturated carbocycles. The standard InChI is InChI=1S/C12H13NO2S/c1-15-11(14)7-10-12(16-2)8-5-3-4-6-9(8)13-10/h3-6,13H,7H2,1-2H3. The number of aromatic amines is 1. The zero-order valence-electron chi connectivity index (χ0n) is 9.24. The number of aromatic nitrogens is 1. The van der Waals surface area contributed by atoms with Crippen LogP contribution in [0.2, 0.25) is 0 Å². The van der Waals surface area contributed by atoms with Crippen LogP contribution in [0.5, 0.6) is 0 Å². The molecule has 0 spiro atoms. The van der Waals surface area contributed by atoms with E-state index in [1.54, 1.807) is 11.8 Å². The highest BCUT2D eigenvalue weighted by Crippen LogP contribution is 2.30. The molecule has 16 heavy (non-hydrogen) atoms. The normalized spacial score (nSPS) is 10.6. The molecule has 1 aromatic carbocycles. The molecule has 3 nitrogen and oxygen atoms in total. The maximum absolute atomic E-state index is 11.3. The van der Waals surface area contributed by atoms with E-state index in [2.05, 4.69) is 15.8 Å². The van der Waals surface area contributed by atoms with E-state index in [0.717, 1.165) is 21.5 Å². The predicted octanol–water partition coefficient (Wildman–Crippen LogP) is 2.61. The fourth-order valence-electron chi connectivity index (χ4n) is 1.75. The number of benzene rings is 1. The fraction of sp³-hybridized carbons (Fsp3) is 0.250. The summed E-state index contributed by atoms with van der Waals surface area (Å²) in [5.74, 6) is -0.221. The molecular formula is C12H13NO2S. The third kappa shape index (κ3) is 1.93. The lowest BCUT2D eigenvalue weighted by Crippen LogP contribution is -2.05. The summed E-state index contributed by atoms with van der Waals surface area (Å²) in [5.41, 5.74) is 1.99. The van der Waals surface area contributed by atoms with Crippen LogP contribution in [0.25, 0.3) is 10.9 Å². The number of methoxy groups -OCH3 is 1. The topological polar surface area (TPSA) is 42.1 Å². The predicted molar refractivity (Wildman–Crippen MR) is 65.8 cm³/mol. The molecule has 1 N–H and O–H groups in total. The lowest BCUT2D eigenvalue weighted by atomic mass is 10.2. The molecule has 0 aliphatic heterocycles. The van der Waals surface area contributed by atoms with Crippen molar-refractivity contribution in [3.05, 3.63) is 30.0 Å². The van der Waals surface area contributed by atoms with Crippen molar-refractivity contribution in [2.45, 2.75) is 11.3 Å². The lowest BCUT2D eigenvalue weighted by molar-refractivity contribution is -0.139. The van der Waals surface area contributed by atoms with Gasteiger partial charge in [-0.2, -0.15) is 0 Å². The second-order valence-corrected chi connectivity index (χ2v) is 4.25. The molecule has 4 heteroatoms. The number of esters is 1. The summed E-state index contributed by atoms with van der Waals surface area (Å²) in [6, 6.07) is 8.04. The van der Waals surface area contributed by atoms with E-state index in [1.165, 1.54) is 7.11 Å². The number of rotatable bonds is 3. The van der Waals surface area contributed by atoms with Gasteiger partial charge in [0.1, 0.15) is 0 Å². The van der Waals surface area contributed by atoms with Crippen LogP contribution in [0.4, 0.5) is 0 Å². The Morgan fingerprint density at radius 3 is 2.88 bits per heavy atom. The lowest BCUT2D eigenvalue weighted by Gasteiger charge is -2.00. The van der Waals surface area contributed by atoms with Crippen molar-refractivity contribution in [3.63, 3.8) is 0 Å². The van der Waals surface area contributed by atoms with Crippen LogP contribution in [-0.2, 0) is 16.0 Å². The molecule has 0 unspecified atom stereocenters. The zero-order chi connectivity index (χ0) is 11.5. The summed E-state index contributed by atoms with van der Waals surface area (Å²) in [4.78, 5) is 15.7. The molecule has 0 bridgehead atoms. The van der Waals surface area contributed by atoms with E-state index >= 15 is 0 Å². The number of H-pyrrole nitrogens is 1. The van der Waals surface area contributed by atoms with E-state index in [9.17, 15) is 4.79 Å². The van der Waals surface area contributed by atoms with Crippen molar-refractivity contribution in [2.75, 3.05) is 13.4 Å². The van der Waals surface area contributed by atoms with Gasteiger partial charge in [-0.15, -0.1) is 11.8 Å². The van der Waals surface area contributed by atoms with Crippen molar-refractivity contribution in [1.29, 1.82) is 0 Å². The van der Waals surface area contributed by atoms with Crippen molar-refractivity contribution >= 4 is 28.6 Å². The number of fused-ring (bicyclic) bond motifs is 1. The molecule has 0 amide bonds. The van der Waals surface area contributed by atoms with E-state index in [1.807, 2.05) is 24.5 Å². The fourth-order valence-corrected chi connectivity index (χ4v) is 2.51.